The molecule has 1 aliphatic heterocycles. The van der Waals surface area contributed by atoms with Crippen LogP contribution in [0.25, 0.3) is 33.3 Å². The lowest BCUT2D eigenvalue weighted by Crippen LogP contribution is -2.27. The Labute approximate surface area is 172 Å². The molecule has 146 valence electrons. The van der Waals surface area contributed by atoms with Gasteiger partial charge in [-0.1, -0.05) is 48.5 Å². The standard InChI is InChI=1S/C25H19N3O2/c29-25-20-14-17(30-15-16-6-2-1-3-7-16)10-11-22(20)27-24-23-19(12-13-28(24)25)18-8-4-5-9-21(18)26-23/h1-11,14,26H,12-13,15H2. The molecule has 0 saturated heterocycles. The number of nitrogens with one attached hydrogen (secondary N) is 1. The number of aromatic nitrogens is 3. The van der Waals surface area contributed by atoms with Crippen molar-refractivity contribution < 1.29 is 4.74 Å². The molecule has 5 nitrogen and oxygen atoms in total. The Hall–Kier alpha value is -3.86. The van der Waals surface area contributed by atoms with E-state index in [9.17, 15) is 4.79 Å². The average Bonchev–Trinajstić information content (AvgIpc) is 3.18. The molecule has 0 saturated carbocycles. The van der Waals surface area contributed by atoms with E-state index in [4.69, 9.17) is 9.72 Å². The maximum absolute atomic E-state index is 13.3. The van der Waals surface area contributed by atoms with Crippen LogP contribution < -0.4 is 10.3 Å². The fraction of sp³-hybridized carbons (Fsp3) is 0.120. The molecule has 0 atom stereocenters. The molecule has 0 aliphatic carbocycles. The fourth-order valence-corrected chi connectivity index (χ4v) is 4.30. The van der Waals surface area contributed by atoms with E-state index in [0.29, 0.717) is 35.6 Å². The number of para-hydroxylation sites is 1. The predicted octanol–water partition coefficient (Wildman–Crippen LogP) is 4.68. The van der Waals surface area contributed by atoms with Gasteiger partial charge in [-0.05, 0) is 41.8 Å². The van der Waals surface area contributed by atoms with Crippen LogP contribution in [-0.2, 0) is 19.6 Å². The van der Waals surface area contributed by atoms with E-state index in [2.05, 4.69) is 17.1 Å². The molecule has 5 heteroatoms. The largest absolute Gasteiger partial charge is 0.489 e. The molecule has 3 heterocycles. The van der Waals surface area contributed by atoms with Crippen molar-refractivity contribution >= 4 is 21.8 Å². The highest BCUT2D eigenvalue weighted by atomic mass is 16.5. The number of aromatic amines is 1. The van der Waals surface area contributed by atoms with Crippen LogP contribution in [0.5, 0.6) is 5.75 Å². The van der Waals surface area contributed by atoms with E-state index in [1.165, 1.54) is 10.9 Å². The molecule has 0 bridgehead atoms. The molecule has 2 aromatic heterocycles. The summed E-state index contributed by atoms with van der Waals surface area (Å²) >= 11 is 0. The third kappa shape index (κ3) is 2.63. The third-order valence-electron chi connectivity index (χ3n) is 5.80. The zero-order chi connectivity index (χ0) is 20.1. The van der Waals surface area contributed by atoms with Gasteiger partial charge in [-0.3, -0.25) is 9.36 Å². The van der Waals surface area contributed by atoms with Gasteiger partial charge in [0, 0.05) is 17.4 Å². The van der Waals surface area contributed by atoms with Gasteiger partial charge in [0.2, 0.25) is 0 Å². The maximum atomic E-state index is 13.3. The summed E-state index contributed by atoms with van der Waals surface area (Å²) in [5.74, 6) is 1.39. The molecule has 0 spiro atoms. The van der Waals surface area contributed by atoms with E-state index in [1.807, 2.05) is 60.7 Å². The number of hydrogen-bond acceptors (Lipinski definition) is 3. The summed E-state index contributed by atoms with van der Waals surface area (Å²) in [7, 11) is 0. The first kappa shape index (κ1) is 17.0. The molecule has 30 heavy (non-hydrogen) atoms. The molecule has 6 rings (SSSR count). The van der Waals surface area contributed by atoms with Crippen molar-refractivity contribution in [3.05, 3.63) is 94.3 Å². The molecular formula is C25H19N3O2. The SMILES string of the molecule is O=c1c2cc(OCc3ccccc3)ccc2nc2n1CCc1c-2[nH]c2ccccc12. The van der Waals surface area contributed by atoms with Gasteiger partial charge < -0.3 is 9.72 Å². The van der Waals surface area contributed by atoms with Crippen molar-refractivity contribution in [1.82, 2.24) is 14.5 Å². The van der Waals surface area contributed by atoms with Crippen LogP contribution in [0.15, 0.2) is 77.6 Å². The summed E-state index contributed by atoms with van der Waals surface area (Å²) in [5.41, 5.74) is 5.01. The van der Waals surface area contributed by atoms with Crippen molar-refractivity contribution in [2.75, 3.05) is 0 Å². The van der Waals surface area contributed by atoms with Gasteiger partial charge in [0.25, 0.3) is 5.56 Å². The van der Waals surface area contributed by atoms with Gasteiger partial charge in [-0.2, -0.15) is 0 Å². The molecule has 1 N–H and O–H groups in total. The van der Waals surface area contributed by atoms with Crippen LogP contribution in [0.2, 0.25) is 0 Å². The Balaban J connectivity index is 1.44. The second-order valence-corrected chi connectivity index (χ2v) is 7.62. The molecule has 0 fully saturated rings. The van der Waals surface area contributed by atoms with Crippen LogP contribution in [0.3, 0.4) is 0 Å². The summed E-state index contributed by atoms with van der Waals surface area (Å²) in [6.45, 7) is 1.09. The van der Waals surface area contributed by atoms with Crippen molar-refractivity contribution in [3.63, 3.8) is 0 Å². The van der Waals surface area contributed by atoms with Gasteiger partial charge in [-0.25, -0.2) is 4.98 Å². The lowest BCUT2D eigenvalue weighted by molar-refractivity contribution is 0.306. The van der Waals surface area contributed by atoms with E-state index in [-0.39, 0.29) is 5.56 Å². The lowest BCUT2D eigenvalue weighted by atomic mass is 10.0. The molecular weight excluding hydrogens is 374 g/mol. The number of aryl methyl sites for hydroxylation is 1. The van der Waals surface area contributed by atoms with Crippen molar-refractivity contribution in [2.45, 2.75) is 19.6 Å². The van der Waals surface area contributed by atoms with E-state index in [0.717, 1.165) is 23.2 Å². The monoisotopic (exact) mass is 393 g/mol. The molecule has 0 unspecified atom stereocenters. The lowest BCUT2D eigenvalue weighted by Gasteiger charge is -2.19. The Morgan fingerprint density at radius 3 is 2.70 bits per heavy atom. The fourth-order valence-electron chi connectivity index (χ4n) is 4.30. The van der Waals surface area contributed by atoms with Gasteiger partial charge in [0.15, 0.2) is 5.82 Å². The number of rotatable bonds is 3. The van der Waals surface area contributed by atoms with Gasteiger partial charge in [0.05, 0.1) is 16.6 Å². The highest BCUT2D eigenvalue weighted by molar-refractivity contribution is 5.91. The first-order valence-electron chi connectivity index (χ1n) is 10.1. The smallest absolute Gasteiger partial charge is 0.261 e. The quantitative estimate of drug-likeness (QED) is 0.484. The molecule has 0 radical (unpaired) electrons. The zero-order valence-electron chi connectivity index (χ0n) is 16.3. The van der Waals surface area contributed by atoms with Crippen LogP contribution in [0.4, 0.5) is 0 Å². The Kier molecular flexibility index (Phi) is 3.74. The number of H-pyrrole nitrogens is 1. The van der Waals surface area contributed by atoms with Crippen LogP contribution >= 0.6 is 0 Å². The van der Waals surface area contributed by atoms with Crippen LogP contribution in [0.1, 0.15) is 11.1 Å². The van der Waals surface area contributed by atoms with E-state index >= 15 is 0 Å². The van der Waals surface area contributed by atoms with Gasteiger partial charge in [0.1, 0.15) is 12.4 Å². The summed E-state index contributed by atoms with van der Waals surface area (Å²) in [6, 6.07) is 23.8. The van der Waals surface area contributed by atoms with E-state index in [1.54, 1.807) is 4.57 Å². The Morgan fingerprint density at radius 2 is 1.80 bits per heavy atom. The number of hydrogen-bond donors (Lipinski definition) is 1. The molecule has 3 aromatic carbocycles. The minimum Gasteiger partial charge on any atom is -0.489 e. The molecule has 1 aliphatic rings. The normalized spacial score (nSPS) is 12.7. The summed E-state index contributed by atoms with van der Waals surface area (Å²) in [5, 5.41) is 1.79. The number of benzene rings is 3. The second-order valence-electron chi connectivity index (χ2n) is 7.62. The van der Waals surface area contributed by atoms with E-state index < -0.39 is 0 Å². The van der Waals surface area contributed by atoms with Crippen molar-refractivity contribution in [3.8, 4) is 17.3 Å². The van der Waals surface area contributed by atoms with Gasteiger partial charge in [-0.15, -0.1) is 0 Å². The minimum atomic E-state index is -0.0236. The Morgan fingerprint density at radius 1 is 0.967 bits per heavy atom. The summed E-state index contributed by atoms with van der Waals surface area (Å²) in [4.78, 5) is 21.6. The Bertz CT molecular complexity index is 1470. The first-order chi connectivity index (χ1) is 14.8. The predicted molar refractivity (Wildman–Crippen MR) is 118 cm³/mol. The summed E-state index contributed by atoms with van der Waals surface area (Å²) in [6.07, 6.45) is 0.809. The molecule has 0 amide bonds. The topological polar surface area (TPSA) is 59.9 Å². The average molecular weight is 393 g/mol. The third-order valence-corrected chi connectivity index (χ3v) is 5.80. The highest BCUT2D eigenvalue weighted by Crippen LogP contribution is 2.33. The molecule has 5 aromatic rings. The maximum Gasteiger partial charge on any atom is 0.261 e. The van der Waals surface area contributed by atoms with Crippen LogP contribution in [0, 0.1) is 0 Å². The van der Waals surface area contributed by atoms with Crippen LogP contribution in [-0.4, -0.2) is 14.5 Å². The van der Waals surface area contributed by atoms with Crippen molar-refractivity contribution in [2.24, 2.45) is 0 Å². The summed E-state index contributed by atoms with van der Waals surface area (Å²) < 4.78 is 7.69. The zero-order valence-corrected chi connectivity index (χ0v) is 16.3. The number of ether oxygens (including phenoxy) is 1. The number of nitrogens with zero attached hydrogens (tertiary/aromatic N) is 2. The minimum absolute atomic E-state index is 0.0236. The number of fused-ring (bicyclic) bond motifs is 6. The van der Waals surface area contributed by atoms with Gasteiger partial charge >= 0.3 is 0 Å². The first-order valence-corrected chi connectivity index (χ1v) is 10.1. The highest BCUT2D eigenvalue weighted by Gasteiger charge is 2.24. The second kappa shape index (κ2) is 6.59. The van der Waals surface area contributed by atoms with Crippen molar-refractivity contribution in [1.29, 1.82) is 0 Å².